The van der Waals surface area contributed by atoms with E-state index in [4.69, 9.17) is 4.74 Å². The highest BCUT2D eigenvalue weighted by atomic mass is 19.4. The molecule has 6 nitrogen and oxygen atoms in total. The monoisotopic (exact) mass is 538 g/mol. The fourth-order valence-electron chi connectivity index (χ4n) is 3.46. The van der Waals surface area contributed by atoms with Crippen LogP contribution in [0.4, 0.5) is 36.4 Å². The molecule has 1 aromatic heterocycles. The molecule has 4 rings (SSSR count). The van der Waals surface area contributed by atoms with Crippen molar-refractivity contribution in [3.63, 3.8) is 0 Å². The summed E-state index contributed by atoms with van der Waals surface area (Å²) in [6.07, 6.45) is -10.2. The molecule has 3 aromatic carbocycles. The van der Waals surface area contributed by atoms with Crippen molar-refractivity contribution in [1.82, 2.24) is 14.8 Å². The number of nitrogens with one attached hydrogen (secondary N) is 1. The number of ether oxygens (including phenoxy) is 1. The smallest absolute Gasteiger partial charge is 0.416 e. The van der Waals surface area contributed by atoms with E-state index in [1.54, 1.807) is 13.0 Å². The van der Waals surface area contributed by atoms with E-state index in [2.05, 4.69) is 15.4 Å². The summed E-state index contributed by atoms with van der Waals surface area (Å²) >= 11 is 0. The molecule has 1 amide bonds. The third kappa shape index (κ3) is 5.76. The van der Waals surface area contributed by atoms with Crippen molar-refractivity contribution < 1.29 is 40.3 Å². The number of alkyl halides is 6. The molecule has 38 heavy (non-hydrogen) atoms. The largest absolute Gasteiger partial charge is 0.463 e. The van der Waals surface area contributed by atoms with E-state index in [-0.39, 0.29) is 35.8 Å². The first-order chi connectivity index (χ1) is 17.9. The average Bonchev–Trinajstić information content (AvgIpc) is 3.27. The molecule has 0 aliphatic heterocycles. The van der Waals surface area contributed by atoms with E-state index in [1.165, 1.54) is 47.1 Å². The van der Waals surface area contributed by atoms with Crippen LogP contribution < -0.4 is 10.1 Å². The van der Waals surface area contributed by atoms with E-state index in [0.717, 1.165) is 0 Å². The van der Waals surface area contributed by atoms with Crippen molar-refractivity contribution in [3.05, 3.63) is 89.2 Å². The second-order valence-electron chi connectivity index (χ2n) is 7.84. The maximum absolute atomic E-state index is 14.4. The number of hydrogen-bond acceptors (Lipinski definition) is 4. The van der Waals surface area contributed by atoms with Gasteiger partial charge in [-0.15, -0.1) is 5.10 Å². The molecular weight excluding hydrogens is 521 g/mol. The van der Waals surface area contributed by atoms with Crippen LogP contribution in [0.3, 0.4) is 0 Å². The molecule has 1 heterocycles. The second kappa shape index (κ2) is 10.1. The minimum Gasteiger partial charge on any atom is -0.463 e. The van der Waals surface area contributed by atoms with E-state index in [1.807, 2.05) is 0 Å². The summed E-state index contributed by atoms with van der Waals surface area (Å²) in [5.41, 5.74) is -3.47. The van der Waals surface area contributed by atoms with Crippen LogP contribution in [0.15, 0.2) is 66.7 Å². The third-order valence-corrected chi connectivity index (χ3v) is 5.20. The third-order valence-electron chi connectivity index (χ3n) is 5.20. The Hall–Kier alpha value is -4.42. The molecular formula is C25H17F7N4O2. The number of halogens is 7. The fraction of sp³-hybridized carbons (Fsp3) is 0.160. The molecule has 4 aromatic rings. The lowest BCUT2D eigenvalue weighted by Crippen LogP contribution is -2.17. The highest BCUT2D eigenvalue weighted by molar-refractivity contribution is 6.04. The Balaban J connectivity index is 1.64. The van der Waals surface area contributed by atoms with Gasteiger partial charge in [-0.25, -0.2) is 9.07 Å². The molecule has 0 fully saturated rings. The number of nitrogens with zero attached hydrogens (tertiary/aromatic N) is 3. The van der Waals surface area contributed by atoms with Gasteiger partial charge in [0.15, 0.2) is 5.82 Å². The minimum atomic E-state index is -5.09. The van der Waals surface area contributed by atoms with Crippen molar-refractivity contribution in [2.24, 2.45) is 0 Å². The highest BCUT2D eigenvalue weighted by Crippen LogP contribution is 2.36. The number of anilines is 1. The Morgan fingerprint density at radius 2 is 1.53 bits per heavy atom. The molecule has 0 aliphatic rings. The molecule has 0 saturated carbocycles. The Kier molecular flexibility index (Phi) is 7.11. The van der Waals surface area contributed by atoms with Crippen LogP contribution >= 0.6 is 0 Å². The molecule has 0 atom stereocenters. The van der Waals surface area contributed by atoms with Crippen LogP contribution in [0, 0.1) is 5.82 Å². The standard InChI is InChI=1S/C25H17F7N4O2/c1-2-38-23-34-21(19-5-3-4-6-20(19)26)36(35-23)18-9-7-17(8-10-18)33-22(37)14-11-15(24(27,28)29)13-16(12-14)25(30,31)32/h3-13H,2H2,1H3,(H,33,37). The lowest BCUT2D eigenvalue weighted by atomic mass is 10.0. The lowest BCUT2D eigenvalue weighted by molar-refractivity contribution is -0.143. The number of carbonyl (C=O) groups is 1. The van der Waals surface area contributed by atoms with Crippen molar-refractivity contribution >= 4 is 11.6 Å². The first kappa shape index (κ1) is 26.6. The summed E-state index contributed by atoms with van der Waals surface area (Å²) in [4.78, 5) is 16.8. The van der Waals surface area contributed by atoms with Gasteiger partial charge in [0.05, 0.1) is 29.0 Å². The fourth-order valence-corrected chi connectivity index (χ4v) is 3.46. The summed E-state index contributed by atoms with van der Waals surface area (Å²) in [5, 5.41) is 6.48. The first-order valence-corrected chi connectivity index (χ1v) is 10.9. The zero-order chi connectivity index (χ0) is 27.7. The van der Waals surface area contributed by atoms with Crippen molar-refractivity contribution in [2.45, 2.75) is 19.3 Å². The van der Waals surface area contributed by atoms with Crippen molar-refractivity contribution in [2.75, 3.05) is 11.9 Å². The maximum Gasteiger partial charge on any atom is 0.416 e. The summed E-state index contributed by atoms with van der Waals surface area (Å²) in [6.45, 7) is 1.96. The molecule has 13 heteroatoms. The van der Waals surface area contributed by atoms with Gasteiger partial charge in [-0.2, -0.15) is 31.3 Å². The van der Waals surface area contributed by atoms with Gasteiger partial charge in [0.1, 0.15) is 5.82 Å². The highest BCUT2D eigenvalue weighted by Gasteiger charge is 2.37. The minimum absolute atomic E-state index is 0.0202. The Labute approximate surface area is 210 Å². The Morgan fingerprint density at radius 3 is 2.08 bits per heavy atom. The predicted octanol–water partition coefficient (Wildman–Crippen LogP) is 6.76. The van der Waals surface area contributed by atoms with E-state index >= 15 is 0 Å². The average molecular weight is 538 g/mol. The molecule has 0 aliphatic carbocycles. The molecule has 1 N–H and O–H groups in total. The van der Waals surface area contributed by atoms with Crippen LogP contribution in [0.1, 0.15) is 28.4 Å². The van der Waals surface area contributed by atoms with E-state index < -0.39 is 40.8 Å². The second-order valence-corrected chi connectivity index (χ2v) is 7.84. The summed E-state index contributed by atoms with van der Waals surface area (Å²) in [7, 11) is 0. The quantitative estimate of drug-likeness (QED) is 0.276. The van der Waals surface area contributed by atoms with Gasteiger partial charge in [-0.3, -0.25) is 4.79 Å². The topological polar surface area (TPSA) is 69.0 Å². The first-order valence-electron chi connectivity index (χ1n) is 10.9. The lowest BCUT2D eigenvalue weighted by Gasteiger charge is -2.14. The predicted molar refractivity (Wildman–Crippen MR) is 122 cm³/mol. The van der Waals surface area contributed by atoms with E-state index in [0.29, 0.717) is 17.8 Å². The van der Waals surface area contributed by atoms with Crippen LogP contribution in [0.2, 0.25) is 0 Å². The summed E-state index contributed by atoms with van der Waals surface area (Å²) in [5.74, 6) is -1.62. The zero-order valence-corrected chi connectivity index (χ0v) is 19.4. The number of benzene rings is 3. The molecule has 198 valence electrons. The zero-order valence-electron chi connectivity index (χ0n) is 19.4. The van der Waals surface area contributed by atoms with Gasteiger partial charge in [-0.1, -0.05) is 12.1 Å². The van der Waals surface area contributed by atoms with Crippen molar-refractivity contribution in [1.29, 1.82) is 0 Å². The van der Waals surface area contributed by atoms with Gasteiger partial charge in [0, 0.05) is 11.3 Å². The molecule has 0 bridgehead atoms. The number of amides is 1. The number of rotatable bonds is 6. The SMILES string of the molecule is CCOc1nc(-c2ccccc2F)n(-c2ccc(NC(=O)c3cc(C(F)(F)F)cc(C(F)(F)F)c3)cc2)n1. The van der Waals surface area contributed by atoms with Gasteiger partial charge < -0.3 is 10.1 Å². The molecule has 0 spiro atoms. The molecule has 0 saturated heterocycles. The Morgan fingerprint density at radius 1 is 0.921 bits per heavy atom. The van der Waals surface area contributed by atoms with Gasteiger partial charge in [-0.05, 0) is 61.5 Å². The maximum atomic E-state index is 14.4. The number of carbonyl (C=O) groups excluding carboxylic acids is 1. The van der Waals surface area contributed by atoms with Crippen LogP contribution in [0.25, 0.3) is 17.1 Å². The molecule has 0 radical (unpaired) electrons. The molecule has 0 unspecified atom stereocenters. The van der Waals surface area contributed by atoms with Crippen LogP contribution in [-0.2, 0) is 12.4 Å². The van der Waals surface area contributed by atoms with Gasteiger partial charge >= 0.3 is 18.4 Å². The summed E-state index contributed by atoms with van der Waals surface area (Å²) in [6, 6.07) is 12.0. The van der Waals surface area contributed by atoms with Crippen LogP contribution in [0.5, 0.6) is 6.01 Å². The number of hydrogen-bond donors (Lipinski definition) is 1. The normalized spacial score (nSPS) is 11.9. The Bertz CT molecular complexity index is 1430. The number of aromatic nitrogens is 3. The van der Waals surface area contributed by atoms with Crippen molar-refractivity contribution in [3.8, 4) is 23.1 Å². The summed E-state index contributed by atoms with van der Waals surface area (Å²) < 4.78 is 99.7. The van der Waals surface area contributed by atoms with Gasteiger partial charge in [0.2, 0.25) is 0 Å². The van der Waals surface area contributed by atoms with Gasteiger partial charge in [0.25, 0.3) is 5.91 Å². The van der Waals surface area contributed by atoms with E-state index in [9.17, 15) is 35.5 Å². The van der Waals surface area contributed by atoms with Crippen LogP contribution in [-0.4, -0.2) is 27.3 Å².